The molecule has 138 valence electrons. The van der Waals surface area contributed by atoms with E-state index in [0.29, 0.717) is 29.8 Å². The summed E-state index contributed by atoms with van der Waals surface area (Å²) >= 11 is 0. The van der Waals surface area contributed by atoms with Crippen LogP contribution in [0, 0.1) is 6.92 Å². The minimum absolute atomic E-state index is 0.0606. The van der Waals surface area contributed by atoms with Crippen LogP contribution in [-0.4, -0.2) is 47.7 Å². The Morgan fingerprint density at radius 3 is 2.96 bits per heavy atom. The van der Waals surface area contributed by atoms with Gasteiger partial charge in [-0.1, -0.05) is 12.1 Å². The number of benzene rings is 1. The van der Waals surface area contributed by atoms with E-state index >= 15 is 0 Å². The van der Waals surface area contributed by atoms with E-state index in [-0.39, 0.29) is 23.6 Å². The second-order valence-electron chi connectivity index (χ2n) is 6.31. The molecule has 1 aromatic rings. The Kier molecular flexibility index (Phi) is 4.99. The van der Waals surface area contributed by atoms with Gasteiger partial charge in [-0.3, -0.25) is 9.59 Å². The van der Waals surface area contributed by atoms with Crippen LogP contribution in [0.1, 0.15) is 29.3 Å². The van der Waals surface area contributed by atoms with Crippen LogP contribution >= 0.6 is 0 Å². The molecule has 7 nitrogen and oxygen atoms in total. The lowest BCUT2D eigenvalue weighted by atomic mass is 10.1. The predicted octanol–water partition coefficient (Wildman–Crippen LogP) is 1.89. The number of amides is 2. The molecule has 1 aromatic carbocycles. The zero-order valence-electron chi connectivity index (χ0n) is 15.1. The van der Waals surface area contributed by atoms with Crippen molar-refractivity contribution in [2.24, 2.45) is 0 Å². The van der Waals surface area contributed by atoms with E-state index in [4.69, 9.17) is 4.74 Å². The van der Waals surface area contributed by atoms with Gasteiger partial charge in [-0.2, -0.15) is 0 Å². The molecule has 2 aliphatic heterocycles. The molecule has 0 radical (unpaired) electrons. The van der Waals surface area contributed by atoms with Gasteiger partial charge in [-0.15, -0.1) is 0 Å². The third kappa shape index (κ3) is 3.17. The Balaban J connectivity index is 2.00. The van der Waals surface area contributed by atoms with Crippen LogP contribution < -0.4 is 10.6 Å². The van der Waals surface area contributed by atoms with Crippen molar-refractivity contribution in [1.29, 1.82) is 0 Å². The Bertz CT molecular complexity index is 800. The normalized spacial score (nSPS) is 21.7. The monoisotopic (exact) mass is 357 g/mol. The Morgan fingerprint density at radius 2 is 2.27 bits per heavy atom. The van der Waals surface area contributed by atoms with E-state index in [0.717, 1.165) is 5.57 Å². The smallest absolute Gasteiger partial charge is 0.260 e. The third-order valence-corrected chi connectivity index (χ3v) is 4.63. The summed E-state index contributed by atoms with van der Waals surface area (Å²) in [5, 5.41) is 16.1. The highest BCUT2D eigenvalue weighted by molar-refractivity contribution is 6.03. The van der Waals surface area contributed by atoms with Crippen molar-refractivity contribution >= 4 is 17.5 Å². The van der Waals surface area contributed by atoms with E-state index < -0.39 is 6.23 Å². The molecule has 0 bridgehead atoms. The molecule has 2 unspecified atom stereocenters. The lowest BCUT2D eigenvalue weighted by molar-refractivity contribution is -0.116. The summed E-state index contributed by atoms with van der Waals surface area (Å²) in [6.45, 7) is 4.12. The van der Waals surface area contributed by atoms with Gasteiger partial charge in [-0.25, -0.2) is 0 Å². The second kappa shape index (κ2) is 7.21. The molecule has 0 saturated carbocycles. The van der Waals surface area contributed by atoms with Gasteiger partial charge in [0.15, 0.2) is 0 Å². The van der Waals surface area contributed by atoms with Crippen molar-refractivity contribution < 1.29 is 19.4 Å². The first kappa shape index (κ1) is 18.0. The lowest BCUT2D eigenvalue weighted by Crippen LogP contribution is -2.43. The number of nitrogens with zero attached hydrogens (tertiary/aromatic N) is 1. The van der Waals surface area contributed by atoms with Crippen molar-refractivity contribution in [2.75, 3.05) is 19.0 Å². The van der Waals surface area contributed by atoms with Gasteiger partial charge in [0.25, 0.3) is 5.91 Å². The quantitative estimate of drug-likeness (QED) is 0.565. The molecular formula is C19H23N3O4. The molecule has 2 amide bonds. The maximum Gasteiger partial charge on any atom is 0.260 e. The summed E-state index contributed by atoms with van der Waals surface area (Å²) in [5.74, 6) is -0.353. The SMILES string of the molecule is CCOC1Nc2c(ccc(C)c2O)C(=O)N2C=C(/C=C/C(=O)NC)CC12. The summed E-state index contributed by atoms with van der Waals surface area (Å²) in [5.41, 5.74) is 2.34. The molecule has 3 rings (SSSR count). The zero-order chi connectivity index (χ0) is 18.8. The molecule has 3 N–H and O–H groups in total. The van der Waals surface area contributed by atoms with Crippen molar-refractivity contribution in [2.45, 2.75) is 32.5 Å². The molecule has 0 saturated heterocycles. The average Bonchev–Trinajstić information content (AvgIpc) is 3.02. The number of hydrogen-bond acceptors (Lipinski definition) is 5. The number of nitrogens with one attached hydrogen (secondary N) is 2. The number of allylic oxidation sites excluding steroid dienone is 1. The number of aromatic hydroxyl groups is 1. The Labute approximate surface area is 152 Å². The van der Waals surface area contributed by atoms with Crippen LogP contribution in [0.25, 0.3) is 0 Å². The fraction of sp³-hybridized carbons (Fsp3) is 0.368. The average molecular weight is 357 g/mol. The van der Waals surface area contributed by atoms with Crippen molar-refractivity contribution in [3.63, 3.8) is 0 Å². The van der Waals surface area contributed by atoms with Gasteiger partial charge >= 0.3 is 0 Å². The van der Waals surface area contributed by atoms with Gasteiger partial charge in [0.2, 0.25) is 5.91 Å². The number of rotatable bonds is 4. The summed E-state index contributed by atoms with van der Waals surface area (Å²) < 4.78 is 5.82. The van der Waals surface area contributed by atoms with Gasteiger partial charge in [0, 0.05) is 25.9 Å². The Morgan fingerprint density at radius 1 is 1.50 bits per heavy atom. The molecule has 26 heavy (non-hydrogen) atoms. The standard InChI is InChI=1S/C19H23N3O4/c1-4-26-18-14-9-12(6-8-15(23)20-3)10-22(14)19(25)13-7-5-11(2)17(24)16(13)21-18/h5-8,10,14,18,21,24H,4,9H2,1-3H3,(H,20,23)/b8-6+. The first-order valence-electron chi connectivity index (χ1n) is 8.60. The number of phenols is 1. The van der Waals surface area contributed by atoms with Crippen LogP contribution in [0.2, 0.25) is 0 Å². The number of carbonyl (C=O) groups excluding carboxylic acids is 2. The first-order chi connectivity index (χ1) is 12.5. The summed E-state index contributed by atoms with van der Waals surface area (Å²) in [7, 11) is 1.56. The van der Waals surface area contributed by atoms with E-state index in [1.54, 1.807) is 43.3 Å². The van der Waals surface area contributed by atoms with Crippen LogP contribution in [0.4, 0.5) is 5.69 Å². The van der Waals surface area contributed by atoms with E-state index in [1.165, 1.54) is 6.08 Å². The highest BCUT2D eigenvalue weighted by Gasteiger charge is 2.40. The number of hydrogen-bond donors (Lipinski definition) is 3. The number of fused-ring (bicyclic) bond motifs is 2. The summed E-state index contributed by atoms with van der Waals surface area (Å²) in [6.07, 6.45) is 4.96. The molecular weight excluding hydrogens is 334 g/mol. The molecule has 0 spiro atoms. The first-order valence-corrected chi connectivity index (χ1v) is 8.60. The van der Waals surface area contributed by atoms with Gasteiger partial charge in [0.05, 0.1) is 17.3 Å². The number of ether oxygens (including phenoxy) is 1. The number of aryl methyl sites for hydroxylation is 1. The van der Waals surface area contributed by atoms with Gasteiger partial charge in [-0.05, 0) is 37.5 Å². The highest BCUT2D eigenvalue weighted by Crippen LogP contribution is 2.39. The van der Waals surface area contributed by atoms with E-state index in [2.05, 4.69) is 10.6 Å². The van der Waals surface area contributed by atoms with Crippen LogP contribution in [-0.2, 0) is 9.53 Å². The molecule has 7 heteroatoms. The van der Waals surface area contributed by atoms with Crippen LogP contribution in [0.3, 0.4) is 0 Å². The number of anilines is 1. The van der Waals surface area contributed by atoms with Crippen molar-refractivity contribution in [3.05, 3.63) is 47.2 Å². The maximum atomic E-state index is 13.0. The maximum absolute atomic E-state index is 13.0. The molecule has 2 atom stereocenters. The van der Waals surface area contributed by atoms with E-state index in [9.17, 15) is 14.7 Å². The highest BCUT2D eigenvalue weighted by atomic mass is 16.5. The number of likely N-dealkylation sites (N-methyl/N-ethyl adjacent to an activating group) is 1. The van der Waals surface area contributed by atoms with Crippen LogP contribution in [0.5, 0.6) is 5.75 Å². The third-order valence-electron chi connectivity index (χ3n) is 4.63. The zero-order valence-corrected chi connectivity index (χ0v) is 15.1. The molecule has 0 aliphatic carbocycles. The van der Waals surface area contributed by atoms with Gasteiger partial charge < -0.3 is 25.4 Å². The number of carbonyl (C=O) groups is 2. The fourth-order valence-corrected chi connectivity index (χ4v) is 3.24. The largest absolute Gasteiger partial charge is 0.505 e. The van der Waals surface area contributed by atoms with Gasteiger partial charge in [0.1, 0.15) is 12.0 Å². The predicted molar refractivity (Wildman–Crippen MR) is 97.7 cm³/mol. The van der Waals surface area contributed by atoms with Crippen molar-refractivity contribution in [1.82, 2.24) is 10.2 Å². The molecule has 2 heterocycles. The minimum Gasteiger partial charge on any atom is -0.505 e. The van der Waals surface area contributed by atoms with E-state index in [1.807, 2.05) is 6.92 Å². The minimum atomic E-state index is -0.472. The Hall–Kier alpha value is -2.80. The molecule has 2 aliphatic rings. The fourth-order valence-electron chi connectivity index (χ4n) is 3.24. The summed E-state index contributed by atoms with van der Waals surface area (Å²) in [4.78, 5) is 26.1. The molecule has 0 fully saturated rings. The second-order valence-corrected chi connectivity index (χ2v) is 6.31. The number of phenolic OH excluding ortho intramolecular Hbond substituents is 1. The van der Waals surface area contributed by atoms with Crippen LogP contribution in [0.15, 0.2) is 36.1 Å². The topological polar surface area (TPSA) is 90.9 Å². The lowest BCUT2D eigenvalue weighted by Gasteiger charge is -2.28. The molecule has 0 aromatic heterocycles. The summed E-state index contributed by atoms with van der Waals surface area (Å²) in [6, 6.07) is 3.16. The van der Waals surface area contributed by atoms with Crippen molar-refractivity contribution in [3.8, 4) is 5.75 Å².